The number of aromatic nitrogens is 2. The Morgan fingerprint density at radius 2 is 1.93 bits per heavy atom. The Morgan fingerprint density at radius 3 is 2.70 bits per heavy atom. The van der Waals surface area contributed by atoms with Gasteiger partial charge < -0.3 is 10.2 Å². The quantitative estimate of drug-likeness (QED) is 0.681. The van der Waals surface area contributed by atoms with Crippen LogP contribution < -0.4 is 10.9 Å². The molecule has 3 aromatic rings. The lowest BCUT2D eigenvalue weighted by molar-refractivity contribution is -0.133. The molecule has 0 spiro atoms. The maximum absolute atomic E-state index is 13.5. The average Bonchev–Trinajstić information content (AvgIpc) is 2.96. The fourth-order valence-corrected chi connectivity index (χ4v) is 4.21. The number of carbonyl (C=O) groups excluding carboxylic acids is 1. The second-order valence-corrected chi connectivity index (χ2v) is 7.96. The summed E-state index contributed by atoms with van der Waals surface area (Å²) < 4.78 is 1.71. The van der Waals surface area contributed by atoms with Gasteiger partial charge in [0.25, 0.3) is 5.56 Å². The summed E-state index contributed by atoms with van der Waals surface area (Å²) in [5.41, 5.74) is 1.45. The summed E-state index contributed by atoms with van der Waals surface area (Å²) >= 11 is 6.18. The molecule has 1 atom stereocenters. The van der Waals surface area contributed by atoms with Crippen molar-refractivity contribution in [3.05, 3.63) is 75.3 Å². The third-order valence-corrected chi connectivity index (χ3v) is 5.79. The minimum Gasteiger partial charge on any atom is -0.331 e. The van der Waals surface area contributed by atoms with Crippen LogP contribution in [0, 0.1) is 0 Å². The first kappa shape index (κ1) is 20.6. The van der Waals surface area contributed by atoms with E-state index in [0.29, 0.717) is 54.2 Å². The second kappa shape index (κ2) is 8.98. The number of benzene rings is 2. The van der Waals surface area contributed by atoms with E-state index in [1.165, 1.54) is 0 Å². The predicted molar refractivity (Wildman–Crippen MR) is 119 cm³/mol. The number of fused-ring (bicyclic) bond motifs is 1. The van der Waals surface area contributed by atoms with Crippen LogP contribution in [0.2, 0.25) is 5.02 Å². The van der Waals surface area contributed by atoms with Crippen LogP contribution >= 0.6 is 11.6 Å². The molecule has 0 aliphatic carbocycles. The topological polar surface area (TPSA) is 67.2 Å². The van der Waals surface area contributed by atoms with Crippen molar-refractivity contribution in [2.45, 2.75) is 32.4 Å². The van der Waals surface area contributed by atoms with Crippen molar-refractivity contribution in [3.8, 4) is 0 Å². The fourth-order valence-electron chi connectivity index (χ4n) is 4.04. The predicted octanol–water partition coefficient (Wildman–Crippen LogP) is 3.37. The number of hydrogen-bond acceptors (Lipinski definition) is 4. The van der Waals surface area contributed by atoms with E-state index < -0.39 is 0 Å². The molecule has 1 aliphatic heterocycles. The van der Waals surface area contributed by atoms with Gasteiger partial charge >= 0.3 is 0 Å². The monoisotopic (exact) mass is 424 g/mol. The van der Waals surface area contributed by atoms with E-state index in [0.717, 1.165) is 12.1 Å². The first-order valence-electron chi connectivity index (χ1n) is 10.3. The molecule has 156 valence electrons. The third kappa shape index (κ3) is 4.11. The Morgan fingerprint density at radius 1 is 1.13 bits per heavy atom. The summed E-state index contributed by atoms with van der Waals surface area (Å²) in [4.78, 5) is 33.0. The largest absolute Gasteiger partial charge is 0.331 e. The van der Waals surface area contributed by atoms with Crippen LogP contribution in [-0.4, -0.2) is 40.0 Å². The lowest BCUT2D eigenvalue weighted by Gasteiger charge is -2.31. The second-order valence-electron chi connectivity index (χ2n) is 7.52. The number of rotatable bonds is 5. The highest BCUT2D eigenvalue weighted by atomic mass is 35.5. The normalized spacial score (nSPS) is 15.9. The molecule has 7 heteroatoms. The molecule has 4 rings (SSSR count). The molecule has 1 fully saturated rings. The van der Waals surface area contributed by atoms with Crippen LogP contribution in [0.15, 0.2) is 53.3 Å². The molecular formula is C23H25ClN4O2. The van der Waals surface area contributed by atoms with Gasteiger partial charge in [-0.15, -0.1) is 0 Å². The molecule has 0 saturated carbocycles. The number of carbonyl (C=O) groups is 1. The molecule has 1 unspecified atom stereocenters. The molecule has 1 amide bonds. The lowest BCUT2D eigenvalue weighted by atomic mass is 10.1. The Hall–Kier alpha value is -2.70. The van der Waals surface area contributed by atoms with Crippen LogP contribution in [0.1, 0.15) is 37.2 Å². The van der Waals surface area contributed by atoms with Gasteiger partial charge in [0.2, 0.25) is 5.91 Å². The van der Waals surface area contributed by atoms with Crippen molar-refractivity contribution in [1.82, 2.24) is 19.8 Å². The van der Waals surface area contributed by atoms with E-state index >= 15 is 0 Å². The number of nitrogens with zero attached hydrogens (tertiary/aromatic N) is 3. The number of amides is 1. The standard InChI is InChI=1S/C23H25ClN4O2/c1-2-20(27-13-12-25-11-10-21(27)29)22-26-19-14-17(24)8-9-18(19)23(30)28(22)15-16-6-4-3-5-7-16/h3-9,14,20,25H,2,10-13,15H2,1H3. The number of hydrogen-bond donors (Lipinski definition) is 1. The van der Waals surface area contributed by atoms with Gasteiger partial charge in [-0.25, -0.2) is 4.98 Å². The molecule has 6 nitrogen and oxygen atoms in total. The van der Waals surface area contributed by atoms with Crippen LogP contribution in [0.4, 0.5) is 0 Å². The first-order valence-corrected chi connectivity index (χ1v) is 10.7. The molecule has 0 radical (unpaired) electrons. The van der Waals surface area contributed by atoms with Gasteiger partial charge in [0.15, 0.2) is 0 Å². The highest BCUT2D eigenvalue weighted by molar-refractivity contribution is 6.31. The van der Waals surface area contributed by atoms with Crippen molar-refractivity contribution < 1.29 is 4.79 Å². The van der Waals surface area contributed by atoms with Crippen LogP contribution in [0.3, 0.4) is 0 Å². The molecule has 0 bridgehead atoms. The van der Waals surface area contributed by atoms with Gasteiger partial charge in [0.1, 0.15) is 5.82 Å². The summed E-state index contributed by atoms with van der Waals surface area (Å²) in [5, 5.41) is 4.33. The average molecular weight is 425 g/mol. The zero-order valence-electron chi connectivity index (χ0n) is 17.0. The van der Waals surface area contributed by atoms with Gasteiger partial charge in [-0.3, -0.25) is 14.2 Å². The summed E-state index contributed by atoms with van der Waals surface area (Å²) in [6.07, 6.45) is 1.11. The highest BCUT2D eigenvalue weighted by Gasteiger charge is 2.29. The zero-order valence-corrected chi connectivity index (χ0v) is 17.7. The van der Waals surface area contributed by atoms with Crippen molar-refractivity contribution in [3.63, 3.8) is 0 Å². The molecular weight excluding hydrogens is 400 g/mol. The smallest absolute Gasteiger partial charge is 0.261 e. The minimum atomic E-state index is -0.280. The maximum atomic E-state index is 13.5. The van der Waals surface area contributed by atoms with Crippen LogP contribution in [-0.2, 0) is 11.3 Å². The Labute approximate surface area is 180 Å². The van der Waals surface area contributed by atoms with E-state index in [2.05, 4.69) is 5.32 Å². The van der Waals surface area contributed by atoms with Gasteiger partial charge in [-0.2, -0.15) is 0 Å². The van der Waals surface area contributed by atoms with Gasteiger partial charge in [-0.05, 0) is 30.2 Å². The molecule has 1 aliphatic rings. The van der Waals surface area contributed by atoms with E-state index in [4.69, 9.17) is 16.6 Å². The van der Waals surface area contributed by atoms with E-state index in [9.17, 15) is 9.59 Å². The molecule has 2 aromatic carbocycles. The molecule has 1 N–H and O–H groups in total. The Kier molecular flexibility index (Phi) is 6.16. The summed E-state index contributed by atoms with van der Waals surface area (Å²) in [7, 11) is 0. The summed E-state index contributed by atoms with van der Waals surface area (Å²) in [6, 6.07) is 14.7. The van der Waals surface area contributed by atoms with E-state index in [1.807, 2.05) is 42.2 Å². The highest BCUT2D eigenvalue weighted by Crippen LogP contribution is 2.26. The van der Waals surface area contributed by atoms with Gasteiger partial charge in [0.05, 0.1) is 23.5 Å². The lowest BCUT2D eigenvalue weighted by Crippen LogP contribution is -2.39. The van der Waals surface area contributed by atoms with Crippen LogP contribution in [0.25, 0.3) is 10.9 Å². The van der Waals surface area contributed by atoms with Crippen molar-refractivity contribution in [2.75, 3.05) is 19.6 Å². The van der Waals surface area contributed by atoms with E-state index in [-0.39, 0.29) is 17.5 Å². The SMILES string of the molecule is CCC(c1nc2cc(Cl)ccc2c(=O)n1Cc1ccccc1)N1CCNCCC1=O. The molecule has 1 aromatic heterocycles. The minimum absolute atomic E-state index is 0.0820. The van der Waals surface area contributed by atoms with Gasteiger partial charge in [-0.1, -0.05) is 48.9 Å². The number of halogens is 1. The van der Waals surface area contributed by atoms with E-state index in [1.54, 1.807) is 22.8 Å². The Bertz CT molecular complexity index is 1110. The molecule has 30 heavy (non-hydrogen) atoms. The van der Waals surface area contributed by atoms with Crippen LogP contribution in [0.5, 0.6) is 0 Å². The molecule has 2 heterocycles. The summed E-state index contributed by atoms with van der Waals surface area (Å²) in [6.45, 7) is 4.41. The summed E-state index contributed by atoms with van der Waals surface area (Å²) in [5.74, 6) is 0.690. The maximum Gasteiger partial charge on any atom is 0.261 e. The molecule has 1 saturated heterocycles. The van der Waals surface area contributed by atoms with Crippen molar-refractivity contribution >= 4 is 28.4 Å². The van der Waals surface area contributed by atoms with Crippen molar-refractivity contribution in [1.29, 1.82) is 0 Å². The third-order valence-electron chi connectivity index (χ3n) is 5.56. The Balaban J connectivity index is 1.89. The number of nitrogens with one attached hydrogen (secondary N) is 1. The van der Waals surface area contributed by atoms with Gasteiger partial charge in [0, 0.05) is 31.1 Å². The fraction of sp³-hybridized carbons (Fsp3) is 0.348. The first-order chi connectivity index (χ1) is 14.6. The van der Waals surface area contributed by atoms with Crippen molar-refractivity contribution in [2.24, 2.45) is 0 Å². The zero-order chi connectivity index (χ0) is 21.1.